The smallest absolute Gasteiger partial charge is 0.416 e. The largest absolute Gasteiger partial charge is 0.474 e. The fraction of sp³-hybridized carbons (Fsp3) is 0.261. The molecule has 2 aromatic carbocycles. The fourth-order valence-electron chi connectivity index (χ4n) is 3.73. The van der Waals surface area contributed by atoms with Crippen molar-refractivity contribution in [2.24, 2.45) is 0 Å². The summed E-state index contributed by atoms with van der Waals surface area (Å²) in [5.41, 5.74) is -0.882. The average Bonchev–Trinajstić information content (AvgIpc) is 2.80. The Morgan fingerprint density at radius 2 is 1.68 bits per heavy atom. The number of piperidine rings is 1. The number of nitrogens with one attached hydrogen (secondary N) is 1. The number of hydrogen-bond donors (Lipinski definition) is 1. The lowest BCUT2D eigenvalue weighted by Crippen LogP contribution is -2.39. The number of sulfonamides is 1. The standard InChI is InChI=1S/C23H21F4N3O3S/c24-19-4-3-5-20(29-34(31,32)18-9-7-16(8-10-18)23(25,26)27)22(19)30-14-11-17(12-15-30)33-21-6-1-2-13-28-21/h1-10,13,17,29H,11-12,14-15H2. The number of halogens is 4. The molecule has 1 saturated heterocycles. The van der Waals surface area contributed by atoms with Gasteiger partial charge >= 0.3 is 6.18 Å². The number of rotatable bonds is 6. The molecule has 0 bridgehead atoms. The van der Waals surface area contributed by atoms with Gasteiger partial charge in [-0.3, -0.25) is 4.72 Å². The monoisotopic (exact) mass is 495 g/mol. The second kappa shape index (κ2) is 9.49. The van der Waals surface area contributed by atoms with E-state index in [1.165, 1.54) is 18.2 Å². The molecule has 3 aromatic rings. The van der Waals surface area contributed by atoms with E-state index in [4.69, 9.17) is 4.74 Å². The van der Waals surface area contributed by atoms with Crippen molar-refractivity contribution in [1.29, 1.82) is 0 Å². The maximum atomic E-state index is 14.8. The summed E-state index contributed by atoms with van der Waals surface area (Å²) < 4.78 is 86.9. The summed E-state index contributed by atoms with van der Waals surface area (Å²) in [6.07, 6.45) is -1.95. The Morgan fingerprint density at radius 3 is 2.29 bits per heavy atom. The first-order chi connectivity index (χ1) is 16.1. The van der Waals surface area contributed by atoms with E-state index in [1.54, 1.807) is 23.2 Å². The molecule has 1 aliphatic rings. The van der Waals surface area contributed by atoms with E-state index in [9.17, 15) is 26.0 Å². The van der Waals surface area contributed by atoms with Crippen LogP contribution in [0, 0.1) is 5.82 Å². The molecular weight excluding hydrogens is 474 g/mol. The Kier molecular flexibility index (Phi) is 6.65. The van der Waals surface area contributed by atoms with Crippen LogP contribution in [0.15, 0.2) is 71.8 Å². The van der Waals surface area contributed by atoms with Gasteiger partial charge in [-0.05, 0) is 42.5 Å². The van der Waals surface area contributed by atoms with Gasteiger partial charge in [0.25, 0.3) is 10.0 Å². The summed E-state index contributed by atoms with van der Waals surface area (Å²) in [5.74, 6) is -0.117. The molecule has 180 valence electrons. The Bertz CT molecular complexity index is 1230. The van der Waals surface area contributed by atoms with Gasteiger partial charge < -0.3 is 9.64 Å². The number of pyridine rings is 1. The summed E-state index contributed by atoms with van der Waals surface area (Å²) >= 11 is 0. The Labute approximate surface area is 194 Å². The van der Waals surface area contributed by atoms with E-state index >= 15 is 0 Å². The van der Waals surface area contributed by atoms with Crippen molar-refractivity contribution in [2.45, 2.75) is 30.0 Å². The van der Waals surface area contributed by atoms with Gasteiger partial charge in [0.1, 0.15) is 11.9 Å². The molecule has 1 aromatic heterocycles. The zero-order valence-corrected chi connectivity index (χ0v) is 18.6. The molecule has 0 unspecified atom stereocenters. The second-order valence-corrected chi connectivity index (χ2v) is 9.42. The summed E-state index contributed by atoms with van der Waals surface area (Å²) in [6, 6.07) is 12.4. The number of benzene rings is 2. The normalized spacial score (nSPS) is 15.2. The van der Waals surface area contributed by atoms with Crippen LogP contribution >= 0.6 is 0 Å². The third-order valence-electron chi connectivity index (χ3n) is 5.41. The van der Waals surface area contributed by atoms with Crippen molar-refractivity contribution in [3.8, 4) is 5.88 Å². The van der Waals surface area contributed by atoms with E-state index in [0.717, 1.165) is 12.1 Å². The van der Waals surface area contributed by atoms with E-state index < -0.39 is 27.6 Å². The number of alkyl halides is 3. The number of anilines is 2. The van der Waals surface area contributed by atoms with Crippen molar-refractivity contribution < 1.29 is 30.7 Å². The molecule has 0 atom stereocenters. The van der Waals surface area contributed by atoms with Crippen LogP contribution in [0.1, 0.15) is 18.4 Å². The predicted octanol–water partition coefficient (Wildman–Crippen LogP) is 5.09. The van der Waals surface area contributed by atoms with Gasteiger partial charge in [-0.15, -0.1) is 0 Å². The molecule has 2 heterocycles. The predicted molar refractivity (Wildman–Crippen MR) is 119 cm³/mol. The highest BCUT2D eigenvalue weighted by atomic mass is 32.2. The van der Waals surface area contributed by atoms with Crippen LogP contribution in [0.3, 0.4) is 0 Å². The third kappa shape index (κ3) is 5.41. The Balaban J connectivity index is 1.50. The highest BCUT2D eigenvalue weighted by molar-refractivity contribution is 7.92. The third-order valence-corrected chi connectivity index (χ3v) is 6.79. The molecule has 1 fully saturated rings. The van der Waals surface area contributed by atoms with E-state index in [1.807, 2.05) is 6.07 Å². The maximum Gasteiger partial charge on any atom is 0.416 e. The number of hydrogen-bond acceptors (Lipinski definition) is 5. The molecular formula is C23H21F4N3O3S. The quantitative estimate of drug-likeness (QED) is 0.483. The van der Waals surface area contributed by atoms with Gasteiger partial charge in [0.05, 0.1) is 21.8 Å². The Hall–Kier alpha value is -3.34. The fourth-order valence-corrected chi connectivity index (χ4v) is 4.80. The summed E-state index contributed by atoms with van der Waals surface area (Å²) in [6.45, 7) is 0.820. The molecule has 4 rings (SSSR count). The number of ether oxygens (including phenoxy) is 1. The molecule has 1 N–H and O–H groups in total. The number of para-hydroxylation sites is 1. The number of nitrogens with zero attached hydrogens (tertiary/aromatic N) is 2. The van der Waals surface area contributed by atoms with Gasteiger partial charge in [0.2, 0.25) is 5.88 Å². The van der Waals surface area contributed by atoms with Gasteiger partial charge in [0.15, 0.2) is 0 Å². The van der Waals surface area contributed by atoms with Gasteiger partial charge in [-0.1, -0.05) is 12.1 Å². The SMILES string of the molecule is O=S(=O)(Nc1cccc(F)c1N1CCC(Oc2ccccn2)CC1)c1ccc(C(F)(F)F)cc1. The molecule has 11 heteroatoms. The minimum Gasteiger partial charge on any atom is -0.474 e. The van der Waals surface area contributed by atoms with Gasteiger partial charge in [-0.25, -0.2) is 17.8 Å². The van der Waals surface area contributed by atoms with E-state index in [-0.39, 0.29) is 22.4 Å². The molecule has 6 nitrogen and oxygen atoms in total. The van der Waals surface area contributed by atoms with Gasteiger partial charge in [0, 0.05) is 38.2 Å². The van der Waals surface area contributed by atoms with Crippen LogP contribution in [0.25, 0.3) is 0 Å². The van der Waals surface area contributed by atoms with Crippen molar-refractivity contribution in [3.05, 3.63) is 78.2 Å². The summed E-state index contributed by atoms with van der Waals surface area (Å²) in [5, 5.41) is 0. The summed E-state index contributed by atoms with van der Waals surface area (Å²) in [7, 11) is -4.25. The minimum atomic E-state index is -4.59. The highest BCUT2D eigenvalue weighted by Gasteiger charge is 2.31. The molecule has 1 aliphatic heterocycles. The van der Waals surface area contributed by atoms with E-state index in [0.29, 0.717) is 43.9 Å². The summed E-state index contributed by atoms with van der Waals surface area (Å²) in [4.78, 5) is 5.49. The van der Waals surface area contributed by atoms with Crippen LogP contribution in [-0.4, -0.2) is 32.6 Å². The second-order valence-electron chi connectivity index (χ2n) is 7.74. The van der Waals surface area contributed by atoms with E-state index in [2.05, 4.69) is 9.71 Å². The van der Waals surface area contributed by atoms with Crippen molar-refractivity contribution in [2.75, 3.05) is 22.7 Å². The lowest BCUT2D eigenvalue weighted by atomic mass is 10.1. The molecule has 0 aliphatic carbocycles. The maximum absolute atomic E-state index is 14.8. The first-order valence-corrected chi connectivity index (χ1v) is 11.9. The van der Waals surface area contributed by atoms with Crippen molar-refractivity contribution >= 4 is 21.4 Å². The van der Waals surface area contributed by atoms with Crippen LogP contribution in [0.5, 0.6) is 5.88 Å². The molecule has 0 amide bonds. The average molecular weight is 495 g/mol. The first kappa shape index (κ1) is 23.8. The lowest BCUT2D eigenvalue weighted by molar-refractivity contribution is -0.137. The first-order valence-electron chi connectivity index (χ1n) is 10.4. The lowest BCUT2D eigenvalue weighted by Gasteiger charge is -2.34. The molecule has 0 radical (unpaired) electrons. The van der Waals surface area contributed by atoms with Crippen LogP contribution in [-0.2, 0) is 16.2 Å². The molecule has 34 heavy (non-hydrogen) atoms. The topological polar surface area (TPSA) is 71.5 Å². The van der Waals surface area contributed by atoms with Crippen molar-refractivity contribution in [3.63, 3.8) is 0 Å². The Morgan fingerprint density at radius 1 is 0.971 bits per heavy atom. The zero-order chi connectivity index (χ0) is 24.3. The van der Waals surface area contributed by atoms with Crippen molar-refractivity contribution in [1.82, 2.24) is 4.98 Å². The van der Waals surface area contributed by atoms with Crippen LogP contribution in [0.4, 0.5) is 28.9 Å². The van der Waals surface area contributed by atoms with Crippen LogP contribution < -0.4 is 14.4 Å². The zero-order valence-electron chi connectivity index (χ0n) is 17.8. The molecule has 0 spiro atoms. The minimum absolute atomic E-state index is 0.00370. The van der Waals surface area contributed by atoms with Gasteiger partial charge in [-0.2, -0.15) is 13.2 Å². The molecule has 0 saturated carbocycles. The number of aromatic nitrogens is 1. The van der Waals surface area contributed by atoms with Crippen LogP contribution in [0.2, 0.25) is 0 Å². The highest BCUT2D eigenvalue weighted by Crippen LogP contribution is 2.34.